The average Bonchev–Trinajstić information content (AvgIpc) is 2.46. The molecule has 0 aromatic heterocycles. The molecule has 3 atom stereocenters. The Morgan fingerprint density at radius 2 is 1.71 bits per heavy atom. The monoisotopic (exact) mass is 297 g/mol. The van der Waals surface area contributed by atoms with Crippen molar-refractivity contribution in [2.24, 2.45) is 11.8 Å². The van der Waals surface area contributed by atoms with E-state index in [1.54, 1.807) is 6.07 Å². The van der Waals surface area contributed by atoms with Gasteiger partial charge in [0.2, 0.25) is 0 Å². The molecule has 0 bridgehead atoms. The Bertz CT molecular complexity index is 483. The molecule has 1 N–H and O–H groups in total. The molecule has 4 heteroatoms. The van der Waals surface area contributed by atoms with Crippen LogP contribution in [0, 0.1) is 11.8 Å². The lowest BCUT2D eigenvalue weighted by atomic mass is 9.69. The van der Waals surface area contributed by atoms with Gasteiger partial charge in [0.25, 0.3) is 0 Å². The molecule has 0 aliphatic heterocycles. The van der Waals surface area contributed by atoms with Crippen LogP contribution in [0.2, 0.25) is 0 Å². The molecule has 0 amide bonds. The molecule has 1 aromatic carbocycles. The lowest BCUT2D eigenvalue weighted by Gasteiger charge is -2.39. The number of benzene rings is 1. The zero-order chi connectivity index (χ0) is 14.9. The van der Waals surface area contributed by atoms with E-state index in [0.717, 1.165) is 30.7 Å². The first-order chi connectivity index (χ1) is 10.0. The second-order valence-corrected chi connectivity index (χ2v) is 6.54. The molecule has 2 aliphatic carbocycles. The van der Waals surface area contributed by atoms with E-state index in [4.69, 9.17) is 0 Å². The van der Waals surface area contributed by atoms with Crippen LogP contribution in [0.4, 0.5) is 18.9 Å². The van der Waals surface area contributed by atoms with Gasteiger partial charge in [0, 0.05) is 11.7 Å². The largest absolute Gasteiger partial charge is 0.416 e. The Hall–Kier alpha value is -1.19. The number of hydrogen-bond donors (Lipinski definition) is 1. The number of fused-ring (bicyclic) bond motifs is 1. The van der Waals surface area contributed by atoms with Crippen LogP contribution in [-0.2, 0) is 6.18 Å². The highest BCUT2D eigenvalue weighted by atomic mass is 19.4. The van der Waals surface area contributed by atoms with Gasteiger partial charge in [-0.25, -0.2) is 0 Å². The van der Waals surface area contributed by atoms with E-state index < -0.39 is 11.7 Å². The first-order valence-electron chi connectivity index (χ1n) is 7.96. The van der Waals surface area contributed by atoms with Crippen LogP contribution in [0.5, 0.6) is 0 Å². The van der Waals surface area contributed by atoms with Gasteiger partial charge in [-0.05, 0) is 49.3 Å². The highest BCUT2D eigenvalue weighted by molar-refractivity contribution is 5.47. The van der Waals surface area contributed by atoms with Crippen LogP contribution in [0.1, 0.15) is 50.5 Å². The molecule has 1 nitrogen and oxygen atoms in total. The summed E-state index contributed by atoms with van der Waals surface area (Å²) in [5, 5.41) is 3.33. The summed E-state index contributed by atoms with van der Waals surface area (Å²) in [6.45, 7) is 0. The van der Waals surface area contributed by atoms with Crippen LogP contribution < -0.4 is 5.32 Å². The standard InChI is InChI=1S/C17H22F3N/c18-17(19,20)14-6-3-7-15(11-14)21-16-9-8-12-4-1-2-5-13(12)10-16/h3,6-7,11-13,16,21H,1-2,4-5,8-10H2. The SMILES string of the molecule is FC(F)(F)c1cccc(NC2CCC3CCCCC3C2)c1. The Balaban J connectivity index is 1.64. The molecule has 0 spiro atoms. The molecular weight excluding hydrogens is 275 g/mol. The molecule has 3 unspecified atom stereocenters. The van der Waals surface area contributed by atoms with Crippen molar-refractivity contribution in [3.63, 3.8) is 0 Å². The first-order valence-corrected chi connectivity index (χ1v) is 7.96. The fourth-order valence-electron chi connectivity index (χ4n) is 4.03. The highest BCUT2D eigenvalue weighted by Gasteiger charge is 2.33. The predicted octanol–water partition coefficient (Wildman–Crippen LogP) is 5.48. The third kappa shape index (κ3) is 3.53. The molecule has 0 radical (unpaired) electrons. The average molecular weight is 297 g/mol. The van der Waals surface area contributed by atoms with Crippen LogP contribution in [0.25, 0.3) is 0 Å². The van der Waals surface area contributed by atoms with Gasteiger partial charge in [-0.15, -0.1) is 0 Å². The van der Waals surface area contributed by atoms with Crippen molar-refractivity contribution in [1.29, 1.82) is 0 Å². The Morgan fingerprint density at radius 3 is 2.48 bits per heavy atom. The van der Waals surface area contributed by atoms with Crippen LogP contribution in [0.3, 0.4) is 0 Å². The molecule has 3 rings (SSSR count). The third-order valence-electron chi connectivity index (χ3n) is 5.10. The maximum Gasteiger partial charge on any atom is 0.416 e. The number of rotatable bonds is 2. The zero-order valence-electron chi connectivity index (χ0n) is 12.1. The second kappa shape index (κ2) is 5.90. The lowest BCUT2D eigenvalue weighted by Crippen LogP contribution is -2.34. The van der Waals surface area contributed by atoms with E-state index >= 15 is 0 Å². The molecule has 2 aliphatic rings. The van der Waals surface area contributed by atoms with Crippen molar-refractivity contribution in [3.05, 3.63) is 29.8 Å². The zero-order valence-corrected chi connectivity index (χ0v) is 12.1. The van der Waals surface area contributed by atoms with E-state index in [-0.39, 0.29) is 0 Å². The van der Waals surface area contributed by atoms with Gasteiger partial charge in [0.05, 0.1) is 5.56 Å². The number of halogens is 3. The number of nitrogens with one attached hydrogen (secondary N) is 1. The minimum Gasteiger partial charge on any atom is -0.382 e. The maximum absolute atomic E-state index is 12.7. The Kier molecular flexibility index (Phi) is 4.14. The summed E-state index contributed by atoms with van der Waals surface area (Å²) in [5.74, 6) is 1.63. The fourth-order valence-corrected chi connectivity index (χ4v) is 4.03. The molecule has 0 heterocycles. The maximum atomic E-state index is 12.7. The van der Waals surface area contributed by atoms with Crippen molar-refractivity contribution in [2.75, 3.05) is 5.32 Å². The van der Waals surface area contributed by atoms with Gasteiger partial charge in [-0.1, -0.05) is 31.7 Å². The first kappa shape index (κ1) is 14.7. The topological polar surface area (TPSA) is 12.0 Å². The molecule has 0 saturated heterocycles. The molecule has 1 aromatic rings. The van der Waals surface area contributed by atoms with Crippen molar-refractivity contribution < 1.29 is 13.2 Å². The molecule has 2 fully saturated rings. The summed E-state index contributed by atoms with van der Waals surface area (Å²) in [7, 11) is 0. The fraction of sp³-hybridized carbons (Fsp3) is 0.647. The van der Waals surface area contributed by atoms with E-state index in [9.17, 15) is 13.2 Å². The van der Waals surface area contributed by atoms with Crippen molar-refractivity contribution in [3.8, 4) is 0 Å². The summed E-state index contributed by atoms with van der Waals surface area (Å²) >= 11 is 0. The van der Waals surface area contributed by atoms with Crippen molar-refractivity contribution >= 4 is 5.69 Å². The van der Waals surface area contributed by atoms with Crippen molar-refractivity contribution in [2.45, 2.75) is 57.2 Å². The second-order valence-electron chi connectivity index (χ2n) is 6.54. The van der Waals surface area contributed by atoms with Crippen LogP contribution in [0.15, 0.2) is 24.3 Å². The van der Waals surface area contributed by atoms with E-state index in [0.29, 0.717) is 11.7 Å². The molecular formula is C17H22F3N. The summed E-state index contributed by atoms with van der Waals surface area (Å²) in [6, 6.07) is 5.91. The normalized spacial score (nSPS) is 29.8. The third-order valence-corrected chi connectivity index (χ3v) is 5.10. The number of alkyl halides is 3. The van der Waals surface area contributed by atoms with Gasteiger partial charge in [0.1, 0.15) is 0 Å². The highest BCUT2D eigenvalue weighted by Crippen LogP contribution is 2.41. The number of anilines is 1. The Labute approximate surface area is 123 Å². The minimum atomic E-state index is -4.27. The predicted molar refractivity (Wildman–Crippen MR) is 78.2 cm³/mol. The summed E-state index contributed by atoms with van der Waals surface area (Å²) < 4.78 is 38.2. The van der Waals surface area contributed by atoms with Gasteiger partial charge in [0.15, 0.2) is 0 Å². The summed E-state index contributed by atoms with van der Waals surface area (Å²) in [6.07, 6.45) is 4.47. The molecule has 2 saturated carbocycles. The van der Waals surface area contributed by atoms with Crippen LogP contribution in [-0.4, -0.2) is 6.04 Å². The Morgan fingerprint density at radius 1 is 0.952 bits per heavy atom. The quantitative estimate of drug-likeness (QED) is 0.762. The summed E-state index contributed by atoms with van der Waals surface area (Å²) in [4.78, 5) is 0. The van der Waals surface area contributed by atoms with E-state index in [1.165, 1.54) is 44.2 Å². The van der Waals surface area contributed by atoms with E-state index in [2.05, 4.69) is 5.32 Å². The summed E-state index contributed by atoms with van der Waals surface area (Å²) in [5.41, 5.74) is 0.0305. The molecule has 21 heavy (non-hydrogen) atoms. The van der Waals surface area contributed by atoms with Gasteiger partial charge in [-0.3, -0.25) is 0 Å². The van der Waals surface area contributed by atoms with Crippen molar-refractivity contribution in [1.82, 2.24) is 0 Å². The van der Waals surface area contributed by atoms with E-state index in [1.807, 2.05) is 0 Å². The lowest BCUT2D eigenvalue weighted by molar-refractivity contribution is -0.137. The number of hydrogen-bond acceptors (Lipinski definition) is 1. The smallest absolute Gasteiger partial charge is 0.382 e. The van der Waals surface area contributed by atoms with Gasteiger partial charge >= 0.3 is 6.18 Å². The minimum absolute atomic E-state index is 0.327. The van der Waals surface area contributed by atoms with Gasteiger partial charge in [-0.2, -0.15) is 13.2 Å². The van der Waals surface area contributed by atoms with Crippen LogP contribution >= 0.6 is 0 Å². The van der Waals surface area contributed by atoms with Gasteiger partial charge < -0.3 is 5.32 Å². The molecule has 116 valence electrons.